The van der Waals surface area contributed by atoms with Crippen molar-refractivity contribution >= 4 is 10.0 Å². The van der Waals surface area contributed by atoms with Crippen LogP contribution in [0.25, 0.3) is 0 Å². The van der Waals surface area contributed by atoms with Gasteiger partial charge < -0.3 is 9.13 Å². The van der Waals surface area contributed by atoms with Crippen molar-refractivity contribution in [1.82, 2.24) is 18.8 Å². The van der Waals surface area contributed by atoms with Crippen molar-refractivity contribution in [3.63, 3.8) is 0 Å². The van der Waals surface area contributed by atoms with Crippen molar-refractivity contribution in [1.29, 1.82) is 0 Å². The molecule has 0 radical (unpaired) electrons. The molecule has 7 nitrogen and oxygen atoms in total. The average Bonchev–Trinajstić information content (AvgIpc) is 2.90. The number of hydrogen-bond acceptors (Lipinski definition) is 4. The lowest BCUT2D eigenvalue weighted by atomic mass is 9.92. The van der Waals surface area contributed by atoms with Crippen LogP contribution in [0.2, 0.25) is 0 Å². The zero-order valence-electron chi connectivity index (χ0n) is 12.5. The molecule has 0 saturated carbocycles. The van der Waals surface area contributed by atoms with Gasteiger partial charge in [-0.3, -0.25) is 4.79 Å². The summed E-state index contributed by atoms with van der Waals surface area (Å²) >= 11 is 0. The van der Waals surface area contributed by atoms with E-state index in [1.807, 2.05) is 0 Å². The van der Waals surface area contributed by atoms with Gasteiger partial charge in [-0.25, -0.2) is 18.1 Å². The molecule has 22 heavy (non-hydrogen) atoms. The molecule has 1 unspecified atom stereocenters. The first-order chi connectivity index (χ1) is 10.4. The van der Waals surface area contributed by atoms with E-state index in [0.717, 1.165) is 11.3 Å². The number of aromatic nitrogens is 3. The Bertz CT molecular complexity index is 866. The minimum Gasteiger partial charge on any atom is -0.339 e. The molecule has 1 aliphatic carbocycles. The maximum Gasteiger partial charge on any atom is 0.259 e. The smallest absolute Gasteiger partial charge is 0.259 e. The van der Waals surface area contributed by atoms with Gasteiger partial charge in [-0.05, 0) is 24.8 Å². The van der Waals surface area contributed by atoms with Gasteiger partial charge in [0.25, 0.3) is 10.0 Å². The molecule has 0 saturated heterocycles. The second-order valence-electron chi connectivity index (χ2n) is 5.64. The molecule has 1 aliphatic rings. The van der Waals surface area contributed by atoms with Crippen molar-refractivity contribution in [3.05, 3.63) is 46.3 Å². The van der Waals surface area contributed by atoms with Crippen LogP contribution in [0.1, 0.15) is 17.7 Å². The highest BCUT2D eigenvalue weighted by Crippen LogP contribution is 2.21. The van der Waals surface area contributed by atoms with Crippen LogP contribution in [0.15, 0.2) is 34.5 Å². The molecular weight excluding hydrogens is 304 g/mol. The van der Waals surface area contributed by atoms with E-state index in [2.05, 4.69) is 9.71 Å². The van der Waals surface area contributed by atoms with E-state index in [-0.39, 0.29) is 16.6 Å². The van der Waals surface area contributed by atoms with Crippen molar-refractivity contribution in [2.45, 2.75) is 30.3 Å². The topological polar surface area (TPSA) is 86.0 Å². The highest BCUT2D eigenvalue weighted by Gasteiger charge is 2.26. The van der Waals surface area contributed by atoms with Gasteiger partial charge in [-0.15, -0.1) is 0 Å². The lowest BCUT2D eigenvalue weighted by Crippen LogP contribution is -2.40. The van der Waals surface area contributed by atoms with Gasteiger partial charge in [0.1, 0.15) is 0 Å². The van der Waals surface area contributed by atoms with Crippen LogP contribution in [0.4, 0.5) is 0 Å². The van der Waals surface area contributed by atoms with Crippen LogP contribution >= 0.6 is 0 Å². The van der Waals surface area contributed by atoms with Crippen LogP contribution in [-0.4, -0.2) is 28.6 Å². The molecule has 2 aromatic rings. The highest BCUT2D eigenvalue weighted by molar-refractivity contribution is 7.89. The SMILES string of the molecule is Cn1cnc(S(=O)(=O)NC2CCc3c(ccc(=O)n3C)C2)c1. The molecule has 2 aromatic heterocycles. The molecule has 0 amide bonds. The van der Waals surface area contributed by atoms with Gasteiger partial charge in [-0.1, -0.05) is 6.07 Å². The molecule has 0 aromatic carbocycles. The first kappa shape index (κ1) is 15.0. The molecule has 8 heteroatoms. The molecule has 0 bridgehead atoms. The third kappa shape index (κ3) is 2.71. The van der Waals surface area contributed by atoms with Gasteiger partial charge in [0.05, 0.1) is 6.33 Å². The third-order valence-corrected chi connectivity index (χ3v) is 5.41. The number of pyridine rings is 1. The lowest BCUT2D eigenvalue weighted by Gasteiger charge is -2.26. The predicted molar refractivity (Wildman–Crippen MR) is 81.0 cm³/mol. The van der Waals surface area contributed by atoms with Crippen LogP contribution in [0, 0.1) is 0 Å². The summed E-state index contributed by atoms with van der Waals surface area (Å²) in [4.78, 5) is 15.5. The third-order valence-electron chi connectivity index (χ3n) is 4.01. The number of sulfonamides is 1. The Morgan fingerprint density at radius 1 is 1.32 bits per heavy atom. The number of fused-ring (bicyclic) bond motifs is 1. The zero-order chi connectivity index (χ0) is 15.9. The number of nitrogens with one attached hydrogen (secondary N) is 1. The van der Waals surface area contributed by atoms with E-state index < -0.39 is 10.0 Å². The Balaban J connectivity index is 1.81. The molecule has 1 N–H and O–H groups in total. The molecular formula is C14H18N4O3S. The molecule has 0 spiro atoms. The summed E-state index contributed by atoms with van der Waals surface area (Å²) in [6.07, 6.45) is 4.85. The van der Waals surface area contributed by atoms with Gasteiger partial charge >= 0.3 is 0 Å². The number of imidazole rings is 1. The second kappa shape index (κ2) is 5.36. The summed E-state index contributed by atoms with van der Waals surface area (Å²) in [7, 11) is -0.135. The first-order valence-electron chi connectivity index (χ1n) is 7.05. The quantitative estimate of drug-likeness (QED) is 0.859. The number of aryl methyl sites for hydroxylation is 1. The predicted octanol–water partition coefficient (Wildman–Crippen LogP) is -0.0454. The van der Waals surface area contributed by atoms with Gasteiger partial charge in [-0.2, -0.15) is 0 Å². The molecule has 0 aliphatic heterocycles. The van der Waals surface area contributed by atoms with Crippen LogP contribution in [0.5, 0.6) is 0 Å². The van der Waals surface area contributed by atoms with Gasteiger partial charge in [0.2, 0.25) is 5.56 Å². The Labute approximate surface area is 128 Å². The minimum absolute atomic E-state index is 0.0289. The molecule has 0 fully saturated rings. The summed E-state index contributed by atoms with van der Waals surface area (Å²) in [5, 5.41) is 0.0289. The molecule has 1 atom stereocenters. The van der Waals surface area contributed by atoms with Crippen LogP contribution < -0.4 is 10.3 Å². The maximum atomic E-state index is 12.3. The van der Waals surface area contributed by atoms with Crippen molar-refractivity contribution in [2.24, 2.45) is 14.1 Å². The largest absolute Gasteiger partial charge is 0.339 e. The van der Waals surface area contributed by atoms with E-state index in [9.17, 15) is 13.2 Å². The van der Waals surface area contributed by atoms with Gasteiger partial charge in [0, 0.05) is 38.1 Å². The highest BCUT2D eigenvalue weighted by atomic mass is 32.2. The second-order valence-corrected chi connectivity index (χ2v) is 7.30. The Hall–Kier alpha value is -1.93. The van der Waals surface area contributed by atoms with Crippen molar-refractivity contribution < 1.29 is 8.42 Å². The maximum absolute atomic E-state index is 12.3. The summed E-state index contributed by atoms with van der Waals surface area (Å²) in [5.74, 6) is 0. The number of nitrogens with zero attached hydrogens (tertiary/aromatic N) is 3. The fourth-order valence-corrected chi connectivity index (χ4v) is 4.08. The zero-order valence-corrected chi connectivity index (χ0v) is 13.3. The molecule has 3 rings (SSSR count). The van der Waals surface area contributed by atoms with Gasteiger partial charge in [0.15, 0.2) is 5.03 Å². The van der Waals surface area contributed by atoms with Crippen LogP contribution in [-0.2, 0) is 37.0 Å². The normalized spacial score (nSPS) is 18.2. The number of hydrogen-bond donors (Lipinski definition) is 1. The summed E-state index contributed by atoms with van der Waals surface area (Å²) < 4.78 is 30.6. The van der Waals surface area contributed by atoms with E-state index in [1.165, 1.54) is 18.6 Å². The average molecular weight is 322 g/mol. The van der Waals surface area contributed by atoms with Crippen molar-refractivity contribution in [2.75, 3.05) is 0 Å². The standard InChI is InChI=1S/C14H18N4O3S/c1-17-8-13(15-9-17)22(20,21)16-11-4-5-12-10(7-11)3-6-14(19)18(12)2/h3,6,8-9,11,16H,4-5,7H2,1-2H3. The summed E-state index contributed by atoms with van der Waals surface area (Å²) in [6, 6.07) is 3.13. The summed E-state index contributed by atoms with van der Waals surface area (Å²) in [6.45, 7) is 0. The first-order valence-corrected chi connectivity index (χ1v) is 8.53. The number of rotatable bonds is 3. The Morgan fingerprint density at radius 2 is 2.09 bits per heavy atom. The van der Waals surface area contributed by atoms with E-state index in [1.54, 1.807) is 29.3 Å². The minimum atomic E-state index is -3.61. The van der Waals surface area contributed by atoms with Crippen LogP contribution in [0.3, 0.4) is 0 Å². The monoisotopic (exact) mass is 322 g/mol. The molecule has 118 valence electrons. The fourth-order valence-electron chi connectivity index (χ4n) is 2.83. The van der Waals surface area contributed by atoms with E-state index >= 15 is 0 Å². The van der Waals surface area contributed by atoms with E-state index in [0.29, 0.717) is 19.3 Å². The Morgan fingerprint density at radius 3 is 2.77 bits per heavy atom. The fraction of sp³-hybridized carbons (Fsp3) is 0.429. The summed E-state index contributed by atoms with van der Waals surface area (Å²) in [5.41, 5.74) is 1.97. The van der Waals surface area contributed by atoms with Crippen molar-refractivity contribution in [3.8, 4) is 0 Å². The molecule has 2 heterocycles. The van der Waals surface area contributed by atoms with E-state index in [4.69, 9.17) is 0 Å². The lowest BCUT2D eigenvalue weighted by molar-refractivity contribution is 0.492. The Kier molecular flexibility index (Phi) is 3.65.